The molecule has 1 N–H and O–H groups in total. The third-order valence-electron chi connectivity index (χ3n) is 4.25. The van der Waals surface area contributed by atoms with Crippen LogP contribution in [-0.2, 0) is 20.5 Å². The maximum absolute atomic E-state index is 12.5. The van der Waals surface area contributed by atoms with Gasteiger partial charge in [0.25, 0.3) is 11.5 Å². The lowest BCUT2D eigenvalue weighted by Gasteiger charge is -2.08. The molecule has 0 unspecified atom stereocenters. The summed E-state index contributed by atoms with van der Waals surface area (Å²) < 4.78 is 12.5. The molecule has 0 spiro atoms. The van der Waals surface area contributed by atoms with Gasteiger partial charge in [0.15, 0.2) is 11.5 Å². The van der Waals surface area contributed by atoms with Gasteiger partial charge in [0, 0.05) is 26.6 Å². The molecule has 29 heavy (non-hydrogen) atoms. The van der Waals surface area contributed by atoms with Crippen LogP contribution in [0.3, 0.4) is 0 Å². The molecule has 0 aliphatic rings. The van der Waals surface area contributed by atoms with E-state index in [1.807, 2.05) is 12.1 Å². The third kappa shape index (κ3) is 4.19. The van der Waals surface area contributed by atoms with E-state index < -0.39 is 17.2 Å². The molecule has 10 nitrogen and oxygen atoms in total. The van der Waals surface area contributed by atoms with Gasteiger partial charge in [-0.1, -0.05) is 17.4 Å². The largest absolute Gasteiger partial charge is 0.493 e. The summed E-state index contributed by atoms with van der Waals surface area (Å²) in [5, 5.41) is 11.5. The smallest absolute Gasteiger partial charge is 0.331 e. The zero-order valence-electron chi connectivity index (χ0n) is 16.3. The van der Waals surface area contributed by atoms with E-state index in [-0.39, 0.29) is 10.8 Å². The Labute approximate surface area is 169 Å². The van der Waals surface area contributed by atoms with Crippen molar-refractivity contribution in [3.05, 3.63) is 61.4 Å². The van der Waals surface area contributed by atoms with Crippen molar-refractivity contribution < 1.29 is 14.3 Å². The van der Waals surface area contributed by atoms with Crippen molar-refractivity contribution in [3.63, 3.8) is 0 Å². The monoisotopic (exact) mass is 417 g/mol. The normalized spacial score (nSPS) is 10.6. The molecule has 2 aromatic heterocycles. The Kier molecular flexibility index (Phi) is 5.78. The number of rotatable bonds is 6. The second kappa shape index (κ2) is 8.27. The molecule has 152 valence electrons. The molecule has 0 fully saturated rings. The maximum Gasteiger partial charge on any atom is 0.331 e. The summed E-state index contributed by atoms with van der Waals surface area (Å²) in [4.78, 5) is 36.2. The minimum absolute atomic E-state index is 0.0604. The summed E-state index contributed by atoms with van der Waals surface area (Å²) in [5.41, 5.74) is -0.279. The highest BCUT2D eigenvalue weighted by molar-refractivity contribution is 7.15. The lowest BCUT2D eigenvalue weighted by atomic mass is 10.1. The number of nitrogens with one attached hydrogen (secondary N) is 1. The zero-order chi connectivity index (χ0) is 21.1. The second-order valence-electron chi connectivity index (χ2n) is 6.09. The average Bonchev–Trinajstić information content (AvgIpc) is 3.15. The molecule has 3 rings (SSSR count). The molecular weight excluding hydrogens is 398 g/mol. The number of methoxy groups -OCH3 is 2. The third-order valence-corrected chi connectivity index (χ3v) is 5.09. The van der Waals surface area contributed by atoms with E-state index in [9.17, 15) is 14.4 Å². The molecule has 1 amide bonds. The van der Waals surface area contributed by atoms with Crippen LogP contribution >= 0.6 is 11.3 Å². The maximum atomic E-state index is 12.5. The lowest BCUT2D eigenvalue weighted by molar-refractivity contribution is 0.101. The Morgan fingerprint density at radius 2 is 1.79 bits per heavy atom. The first-order chi connectivity index (χ1) is 13.8. The van der Waals surface area contributed by atoms with Crippen LogP contribution < -0.4 is 26.0 Å². The molecular formula is C18H19N5O5S. The summed E-state index contributed by atoms with van der Waals surface area (Å²) in [6.07, 6.45) is 0.484. The Hall–Kier alpha value is -3.47. The lowest BCUT2D eigenvalue weighted by Crippen LogP contribution is -2.40. The van der Waals surface area contributed by atoms with Crippen molar-refractivity contribution in [3.8, 4) is 11.5 Å². The molecule has 3 aromatic rings. The second-order valence-corrected chi connectivity index (χ2v) is 7.15. The molecule has 0 atom stereocenters. The van der Waals surface area contributed by atoms with Gasteiger partial charge in [-0.05, 0) is 17.7 Å². The van der Waals surface area contributed by atoms with E-state index >= 15 is 0 Å². The van der Waals surface area contributed by atoms with Gasteiger partial charge in [0.2, 0.25) is 5.13 Å². The molecule has 0 saturated carbocycles. The van der Waals surface area contributed by atoms with E-state index in [0.717, 1.165) is 20.8 Å². The number of benzene rings is 1. The number of aromatic nitrogens is 4. The van der Waals surface area contributed by atoms with Crippen LogP contribution in [-0.4, -0.2) is 39.5 Å². The molecule has 0 saturated heterocycles. The number of hydrogen-bond acceptors (Lipinski definition) is 8. The SMILES string of the molecule is COc1ccc(Cc2nnc(NC(=O)c3cc(=O)n(C)c(=O)n3C)s2)cc1OC. The molecule has 0 radical (unpaired) electrons. The highest BCUT2D eigenvalue weighted by atomic mass is 32.1. The van der Waals surface area contributed by atoms with Crippen molar-refractivity contribution in [2.24, 2.45) is 14.1 Å². The summed E-state index contributed by atoms with van der Waals surface area (Å²) in [5.74, 6) is 0.617. The number of amides is 1. The van der Waals surface area contributed by atoms with E-state index in [1.54, 1.807) is 20.3 Å². The van der Waals surface area contributed by atoms with Gasteiger partial charge < -0.3 is 9.47 Å². The highest BCUT2D eigenvalue weighted by Crippen LogP contribution is 2.29. The summed E-state index contributed by atoms with van der Waals surface area (Å²) in [7, 11) is 5.89. The van der Waals surface area contributed by atoms with Gasteiger partial charge in [-0.15, -0.1) is 10.2 Å². The standard InChI is InChI=1S/C18H19N5O5S/c1-22-11(9-15(24)23(2)18(22)26)16(25)19-17-21-20-14(29-17)8-10-5-6-12(27-3)13(7-10)28-4/h5-7,9H,8H2,1-4H3,(H,19,21,25). The highest BCUT2D eigenvalue weighted by Gasteiger charge is 2.16. The first-order valence-corrected chi connectivity index (χ1v) is 9.27. The van der Waals surface area contributed by atoms with Crippen molar-refractivity contribution >= 4 is 22.4 Å². The minimum atomic E-state index is -0.615. The Balaban J connectivity index is 1.77. The topological polar surface area (TPSA) is 117 Å². The first-order valence-electron chi connectivity index (χ1n) is 8.45. The number of hydrogen-bond donors (Lipinski definition) is 1. The first kappa shape index (κ1) is 20.3. The van der Waals surface area contributed by atoms with Gasteiger partial charge in [-0.25, -0.2) is 4.79 Å². The Morgan fingerprint density at radius 1 is 1.07 bits per heavy atom. The molecule has 2 heterocycles. The Morgan fingerprint density at radius 3 is 2.48 bits per heavy atom. The van der Waals surface area contributed by atoms with Crippen LogP contribution in [0.5, 0.6) is 11.5 Å². The van der Waals surface area contributed by atoms with Gasteiger partial charge in [0.1, 0.15) is 10.7 Å². The zero-order valence-corrected chi connectivity index (χ0v) is 17.1. The fourth-order valence-corrected chi connectivity index (χ4v) is 3.42. The average molecular weight is 417 g/mol. The summed E-state index contributed by atoms with van der Waals surface area (Å²) >= 11 is 1.19. The molecule has 0 bridgehead atoms. The number of anilines is 1. The van der Waals surface area contributed by atoms with Gasteiger partial charge in [-0.3, -0.25) is 24.0 Å². The van der Waals surface area contributed by atoms with Crippen LogP contribution in [0.1, 0.15) is 21.1 Å². The summed E-state index contributed by atoms with van der Waals surface area (Å²) in [6.45, 7) is 0. The van der Waals surface area contributed by atoms with Gasteiger partial charge >= 0.3 is 5.69 Å². The minimum Gasteiger partial charge on any atom is -0.493 e. The molecule has 0 aliphatic heterocycles. The number of carbonyl (C=O) groups excluding carboxylic acids is 1. The van der Waals surface area contributed by atoms with Crippen molar-refractivity contribution in [1.29, 1.82) is 0 Å². The number of carbonyl (C=O) groups is 1. The van der Waals surface area contributed by atoms with Crippen LogP contribution in [0, 0.1) is 0 Å². The fourth-order valence-electron chi connectivity index (χ4n) is 2.65. The predicted octanol–water partition coefficient (Wildman–Crippen LogP) is 0.796. The van der Waals surface area contributed by atoms with Crippen molar-refractivity contribution in [2.45, 2.75) is 6.42 Å². The van der Waals surface area contributed by atoms with Crippen LogP contribution in [0.2, 0.25) is 0 Å². The van der Waals surface area contributed by atoms with Crippen LogP contribution in [0.15, 0.2) is 33.9 Å². The molecule has 1 aromatic carbocycles. The molecule has 0 aliphatic carbocycles. The predicted molar refractivity (Wildman–Crippen MR) is 107 cm³/mol. The summed E-state index contributed by atoms with van der Waals surface area (Å²) in [6, 6.07) is 6.63. The van der Waals surface area contributed by atoms with E-state index in [2.05, 4.69) is 15.5 Å². The van der Waals surface area contributed by atoms with Gasteiger partial charge in [0.05, 0.1) is 14.2 Å². The molecule has 11 heteroatoms. The van der Waals surface area contributed by atoms with Crippen LogP contribution in [0.4, 0.5) is 5.13 Å². The quantitative estimate of drug-likeness (QED) is 0.630. The van der Waals surface area contributed by atoms with E-state index in [1.165, 1.54) is 25.4 Å². The fraction of sp³-hybridized carbons (Fsp3) is 0.278. The van der Waals surface area contributed by atoms with E-state index in [0.29, 0.717) is 22.9 Å². The van der Waals surface area contributed by atoms with E-state index in [4.69, 9.17) is 9.47 Å². The van der Waals surface area contributed by atoms with Crippen molar-refractivity contribution in [2.75, 3.05) is 19.5 Å². The number of nitrogens with zero attached hydrogens (tertiary/aromatic N) is 4. The number of ether oxygens (including phenoxy) is 2. The van der Waals surface area contributed by atoms with Crippen LogP contribution in [0.25, 0.3) is 0 Å². The van der Waals surface area contributed by atoms with Gasteiger partial charge in [-0.2, -0.15) is 0 Å². The van der Waals surface area contributed by atoms with Crippen molar-refractivity contribution in [1.82, 2.24) is 19.3 Å². The Bertz CT molecular complexity index is 1180.